The lowest BCUT2D eigenvalue weighted by Crippen LogP contribution is -2.57. The van der Waals surface area contributed by atoms with Crippen LogP contribution in [0.4, 0.5) is 10.1 Å². The van der Waals surface area contributed by atoms with E-state index >= 15 is 0 Å². The SMILES string of the molecule is Cc1cc(N(N)C(=N)C(C)N2CCN3CCCC3C2)c(C)cc1F. The summed E-state index contributed by atoms with van der Waals surface area (Å²) in [7, 11) is 0. The second kappa shape index (κ2) is 6.78. The van der Waals surface area contributed by atoms with E-state index in [9.17, 15) is 4.39 Å². The third kappa shape index (κ3) is 3.18. The molecular weight excluding hydrogens is 305 g/mol. The number of hydrogen-bond acceptors (Lipinski definition) is 4. The lowest BCUT2D eigenvalue weighted by Gasteiger charge is -2.41. The Hall–Kier alpha value is -1.50. The number of anilines is 1. The third-order valence-corrected chi connectivity index (χ3v) is 5.56. The molecule has 3 N–H and O–H groups in total. The zero-order valence-electron chi connectivity index (χ0n) is 14.8. The maximum Gasteiger partial charge on any atom is 0.132 e. The molecule has 3 rings (SSSR count). The van der Waals surface area contributed by atoms with E-state index in [1.54, 1.807) is 13.0 Å². The summed E-state index contributed by atoms with van der Waals surface area (Å²) in [6, 6.07) is 3.78. The van der Waals surface area contributed by atoms with Crippen molar-refractivity contribution in [3.8, 4) is 0 Å². The minimum Gasteiger partial charge on any atom is -0.298 e. The van der Waals surface area contributed by atoms with Gasteiger partial charge in [-0.25, -0.2) is 10.2 Å². The van der Waals surface area contributed by atoms with Crippen LogP contribution in [0.1, 0.15) is 30.9 Å². The van der Waals surface area contributed by atoms with Gasteiger partial charge in [0.1, 0.15) is 11.7 Å². The number of fused-ring (bicyclic) bond motifs is 1. The molecule has 1 aromatic carbocycles. The van der Waals surface area contributed by atoms with Crippen LogP contribution in [0.25, 0.3) is 0 Å². The molecule has 2 saturated heterocycles. The number of hydrazine groups is 1. The number of halogens is 1. The predicted molar refractivity (Wildman–Crippen MR) is 95.9 cm³/mol. The number of aryl methyl sites for hydroxylation is 2. The summed E-state index contributed by atoms with van der Waals surface area (Å²) in [5.41, 5.74) is 1.99. The van der Waals surface area contributed by atoms with Crippen molar-refractivity contribution >= 4 is 11.5 Å². The summed E-state index contributed by atoms with van der Waals surface area (Å²) < 4.78 is 13.7. The van der Waals surface area contributed by atoms with Gasteiger partial charge in [-0.2, -0.15) is 0 Å². The molecule has 1 aromatic rings. The summed E-state index contributed by atoms with van der Waals surface area (Å²) in [6.45, 7) is 9.83. The van der Waals surface area contributed by atoms with Crippen molar-refractivity contribution in [1.29, 1.82) is 5.41 Å². The van der Waals surface area contributed by atoms with Crippen LogP contribution >= 0.6 is 0 Å². The molecule has 2 atom stereocenters. The average Bonchev–Trinajstić information content (AvgIpc) is 3.03. The second-order valence-electron chi connectivity index (χ2n) is 7.15. The van der Waals surface area contributed by atoms with Gasteiger partial charge < -0.3 is 0 Å². The van der Waals surface area contributed by atoms with Crippen LogP contribution in [-0.2, 0) is 0 Å². The van der Waals surface area contributed by atoms with Crippen LogP contribution in [-0.4, -0.2) is 53.9 Å². The van der Waals surface area contributed by atoms with Gasteiger partial charge in [0.25, 0.3) is 0 Å². The zero-order valence-corrected chi connectivity index (χ0v) is 14.8. The smallest absolute Gasteiger partial charge is 0.132 e. The number of amidine groups is 1. The molecule has 2 heterocycles. The van der Waals surface area contributed by atoms with E-state index < -0.39 is 0 Å². The van der Waals surface area contributed by atoms with Gasteiger partial charge in [-0.1, -0.05) is 0 Å². The molecule has 0 aromatic heterocycles. The highest BCUT2D eigenvalue weighted by Crippen LogP contribution is 2.25. The standard InChI is InChI=1S/C18H28FN5/c1-12-10-17(13(2)9-16(12)19)24(21)18(20)14(3)23-8-7-22-6-4-5-15(22)11-23/h9-10,14-15,20H,4-8,11,21H2,1-3H3. The average molecular weight is 333 g/mol. The first-order chi connectivity index (χ1) is 11.4. The second-order valence-corrected chi connectivity index (χ2v) is 7.15. The maximum absolute atomic E-state index is 13.7. The van der Waals surface area contributed by atoms with Gasteiger partial charge in [0.2, 0.25) is 0 Å². The Morgan fingerprint density at radius 2 is 2.04 bits per heavy atom. The normalized spacial score (nSPS) is 23.1. The van der Waals surface area contributed by atoms with Crippen molar-refractivity contribution in [2.45, 2.75) is 45.7 Å². The molecule has 0 radical (unpaired) electrons. The molecule has 5 nitrogen and oxygen atoms in total. The summed E-state index contributed by atoms with van der Waals surface area (Å²) in [4.78, 5) is 4.90. The van der Waals surface area contributed by atoms with Crippen molar-refractivity contribution in [3.05, 3.63) is 29.1 Å². The van der Waals surface area contributed by atoms with Crippen LogP contribution in [0, 0.1) is 25.1 Å². The first kappa shape index (κ1) is 17.3. The van der Waals surface area contributed by atoms with Gasteiger partial charge in [0, 0.05) is 25.7 Å². The highest BCUT2D eigenvalue weighted by atomic mass is 19.1. The fourth-order valence-electron chi connectivity index (χ4n) is 3.90. The number of benzene rings is 1. The molecule has 0 saturated carbocycles. The summed E-state index contributed by atoms with van der Waals surface area (Å²) in [5.74, 6) is 6.34. The Morgan fingerprint density at radius 1 is 1.29 bits per heavy atom. The molecule has 2 unspecified atom stereocenters. The molecule has 24 heavy (non-hydrogen) atoms. The Bertz CT molecular complexity index is 632. The largest absolute Gasteiger partial charge is 0.298 e. The molecule has 2 aliphatic rings. The molecule has 6 heteroatoms. The number of hydrogen-bond donors (Lipinski definition) is 2. The van der Waals surface area contributed by atoms with E-state index in [1.165, 1.54) is 30.5 Å². The van der Waals surface area contributed by atoms with Crippen LogP contribution < -0.4 is 10.9 Å². The van der Waals surface area contributed by atoms with E-state index in [4.69, 9.17) is 11.3 Å². The van der Waals surface area contributed by atoms with Crippen LogP contribution in [0.3, 0.4) is 0 Å². The van der Waals surface area contributed by atoms with Crippen LogP contribution in [0.5, 0.6) is 0 Å². The Labute approximate surface area is 143 Å². The number of nitrogens with two attached hydrogens (primary N) is 1. The lowest BCUT2D eigenvalue weighted by atomic mass is 10.1. The molecule has 0 spiro atoms. The minimum atomic E-state index is -0.235. The quantitative estimate of drug-likeness (QED) is 0.386. The first-order valence-corrected chi connectivity index (χ1v) is 8.76. The van der Waals surface area contributed by atoms with Crippen molar-refractivity contribution in [1.82, 2.24) is 9.80 Å². The van der Waals surface area contributed by atoms with Gasteiger partial charge in [0.15, 0.2) is 0 Å². The van der Waals surface area contributed by atoms with Crippen LogP contribution in [0.2, 0.25) is 0 Å². The molecule has 2 aliphatic heterocycles. The van der Waals surface area contributed by atoms with E-state index in [2.05, 4.69) is 9.80 Å². The Balaban J connectivity index is 1.72. The van der Waals surface area contributed by atoms with E-state index in [1.807, 2.05) is 13.8 Å². The van der Waals surface area contributed by atoms with Gasteiger partial charge >= 0.3 is 0 Å². The Morgan fingerprint density at radius 3 is 2.79 bits per heavy atom. The van der Waals surface area contributed by atoms with Crippen molar-refractivity contribution < 1.29 is 4.39 Å². The fourth-order valence-corrected chi connectivity index (χ4v) is 3.90. The summed E-state index contributed by atoms with van der Waals surface area (Å²) in [6.07, 6.45) is 2.53. The van der Waals surface area contributed by atoms with Gasteiger partial charge in [-0.3, -0.25) is 20.2 Å². The summed E-state index contributed by atoms with van der Waals surface area (Å²) >= 11 is 0. The molecular formula is C18H28FN5. The summed E-state index contributed by atoms with van der Waals surface area (Å²) in [5, 5.41) is 9.95. The number of nitrogens with one attached hydrogen (secondary N) is 1. The molecule has 2 fully saturated rings. The lowest BCUT2D eigenvalue weighted by molar-refractivity contribution is 0.0946. The van der Waals surface area contributed by atoms with Gasteiger partial charge in [0.05, 0.1) is 11.7 Å². The van der Waals surface area contributed by atoms with Crippen LogP contribution in [0.15, 0.2) is 12.1 Å². The number of nitrogens with zero attached hydrogens (tertiary/aromatic N) is 3. The van der Waals surface area contributed by atoms with Crippen molar-refractivity contribution in [2.75, 3.05) is 31.2 Å². The number of rotatable bonds is 3. The topological polar surface area (TPSA) is 59.6 Å². The van der Waals surface area contributed by atoms with Gasteiger partial charge in [-0.05, 0) is 63.4 Å². The highest BCUT2D eigenvalue weighted by Gasteiger charge is 2.34. The molecule has 0 bridgehead atoms. The first-order valence-electron chi connectivity index (χ1n) is 8.76. The highest BCUT2D eigenvalue weighted by molar-refractivity contribution is 5.98. The fraction of sp³-hybridized carbons (Fsp3) is 0.611. The van der Waals surface area contributed by atoms with Gasteiger partial charge in [-0.15, -0.1) is 0 Å². The molecule has 132 valence electrons. The minimum absolute atomic E-state index is 0.0532. The van der Waals surface area contributed by atoms with Crippen molar-refractivity contribution in [3.63, 3.8) is 0 Å². The predicted octanol–water partition coefficient (Wildman–Crippen LogP) is 2.27. The maximum atomic E-state index is 13.7. The van der Waals surface area contributed by atoms with E-state index in [0.29, 0.717) is 23.1 Å². The van der Waals surface area contributed by atoms with E-state index in [0.717, 1.165) is 25.2 Å². The monoisotopic (exact) mass is 333 g/mol. The number of piperazine rings is 1. The van der Waals surface area contributed by atoms with Crippen molar-refractivity contribution in [2.24, 2.45) is 5.84 Å². The Kier molecular flexibility index (Phi) is 4.90. The molecule has 0 aliphatic carbocycles. The zero-order chi connectivity index (χ0) is 17.4. The third-order valence-electron chi connectivity index (χ3n) is 5.56. The van der Waals surface area contributed by atoms with E-state index in [-0.39, 0.29) is 11.9 Å². The molecule has 0 amide bonds.